The highest BCUT2D eigenvalue weighted by Gasteiger charge is 2.06. The average Bonchev–Trinajstić information content (AvgIpc) is 2.85. The van der Waals surface area contributed by atoms with E-state index < -0.39 is 0 Å². The molecule has 0 aliphatic heterocycles. The van der Waals surface area contributed by atoms with E-state index in [1.54, 1.807) is 11.3 Å². The van der Waals surface area contributed by atoms with Crippen LogP contribution in [-0.4, -0.2) is 9.78 Å². The van der Waals surface area contributed by atoms with Crippen LogP contribution in [0.4, 0.5) is 0 Å². The summed E-state index contributed by atoms with van der Waals surface area (Å²) in [6, 6.07) is 6.46. The lowest BCUT2D eigenvalue weighted by Crippen LogP contribution is -2.04. The van der Waals surface area contributed by atoms with Crippen LogP contribution in [0.1, 0.15) is 30.1 Å². The van der Waals surface area contributed by atoms with Crippen molar-refractivity contribution in [3.05, 3.63) is 38.3 Å². The molecule has 0 aromatic carbocycles. The summed E-state index contributed by atoms with van der Waals surface area (Å²) in [5.74, 6) is 0. The minimum Gasteiger partial charge on any atom is -0.264 e. The van der Waals surface area contributed by atoms with Crippen LogP contribution in [0, 0.1) is 0 Å². The van der Waals surface area contributed by atoms with Crippen molar-refractivity contribution in [3.63, 3.8) is 0 Å². The molecular formula is C12H15BrN2S. The summed E-state index contributed by atoms with van der Waals surface area (Å²) >= 11 is 5.26. The first kappa shape index (κ1) is 11.9. The molecule has 2 nitrogen and oxygen atoms in total. The van der Waals surface area contributed by atoms with Gasteiger partial charge >= 0.3 is 0 Å². The standard InChI is InChI=1S/C12H15BrN2S/c1-3-9-7-10(4-2)15(14-9)8-11-5-6-12(13)16-11/h5-7H,3-4,8H2,1-2H3. The number of nitrogens with zero attached hydrogens (tertiary/aromatic N) is 2. The van der Waals surface area contributed by atoms with E-state index in [0.717, 1.165) is 19.4 Å². The van der Waals surface area contributed by atoms with Crippen molar-refractivity contribution in [2.45, 2.75) is 33.2 Å². The molecule has 2 aromatic rings. The maximum Gasteiger partial charge on any atom is 0.0755 e. The summed E-state index contributed by atoms with van der Waals surface area (Å²) in [5, 5.41) is 4.61. The largest absolute Gasteiger partial charge is 0.264 e. The Hall–Kier alpha value is -0.610. The van der Waals surface area contributed by atoms with Crippen molar-refractivity contribution in [2.75, 3.05) is 0 Å². The fourth-order valence-corrected chi connectivity index (χ4v) is 3.16. The lowest BCUT2D eigenvalue weighted by molar-refractivity contribution is 0.646. The molecule has 0 fully saturated rings. The van der Waals surface area contributed by atoms with Gasteiger partial charge in [-0.15, -0.1) is 11.3 Å². The molecule has 0 radical (unpaired) electrons. The van der Waals surface area contributed by atoms with Gasteiger partial charge < -0.3 is 0 Å². The van der Waals surface area contributed by atoms with Crippen molar-refractivity contribution in [2.24, 2.45) is 0 Å². The molecule has 0 bridgehead atoms. The molecular weight excluding hydrogens is 284 g/mol. The lowest BCUT2D eigenvalue weighted by atomic mass is 10.2. The number of rotatable bonds is 4. The number of hydrogen-bond donors (Lipinski definition) is 0. The first-order chi connectivity index (χ1) is 7.72. The van der Waals surface area contributed by atoms with E-state index in [1.165, 1.54) is 20.1 Å². The lowest BCUT2D eigenvalue weighted by Gasteiger charge is -2.03. The van der Waals surface area contributed by atoms with Crippen molar-refractivity contribution in [1.82, 2.24) is 9.78 Å². The quantitative estimate of drug-likeness (QED) is 0.837. The highest BCUT2D eigenvalue weighted by Crippen LogP contribution is 2.23. The van der Waals surface area contributed by atoms with E-state index in [4.69, 9.17) is 0 Å². The van der Waals surface area contributed by atoms with Crippen LogP contribution in [0.3, 0.4) is 0 Å². The van der Waals surface area contributed by atoms with Gasteiger partial charge in [0.1, 0.15) is 0 Å². The molecule has 0 spiro atoms. The maximum atomic E-state index is 4.61. The number of thiophene rings is 1. The Bertz CT molecular complexity index is 473. The Morgan fingerprint density at radius 1 is 1.31 bits per heavy atom. The molecule has 0 aliphatic carbocycles. The summed E-state index contributed by atoms with van der Waals surface area (Å²) in [6.07, 6.45) is 2.05. The van der Waals surface area contributed by atoms with Crippen LogP contribution in [-0.2, 0) is 19.4 Å². The van der Waals surface area contributed by atoms with E-state index in [0.29, 0.717) is 0 Å². The van der Waals surface area contributed by atoms with Gasteiger partial charge in [0.25, 0.3) is 0 Å². The highest BCUT2D eigenvalue weighted by molar-refractivity contribution is 9.11. The Morgan fingerprint density at radius 2 is 2.12 bits per heavy atom. The third-order valence-corrected chi connectivity index (χ3v) is 4.18. The van der Waals surface area contributed by atoms with Crippen LogP contribution in [0.15, 0.2) is 22.0 Å². The van der Waals surface area contributed by atoms with Gasteiger partial charge in [-0.2, -0.15) is 5.10 Å². The monoisotopic (exact) mass is 298 g/mol. The van der Waals surface area contributed by atoms with Crippen molar-refractivity contribution in [3.8, 4) is 0 Å². The Labute approximate surface area is 108 Å². The second kappa shape index (κ2) is 5.15. The molecule has 0 amide bonds. The second-order valence-electron chi connectivity index (χ2n) is 3.70. The van der Waals surface area contributed by atoms with Gasteiger partial charge in [0.05, 0.1) is 16.0 Å². The number of aryl methyl sites for hydroxylation is 2. The number of halogens is 1. The Balaban J connectivity index is 2.22. The van der Waals surface area contributed by atoms with Crippen LogP contribution >= 0.6 is 27.3 Å². The van der Waals surface area contributed by atoms with Gasteiger partial charge in [-0.05, 0) is 47.0 Å². The van der Waals surface area contributed by atoms with Crippen molar-refractivity contribution >= 4 is 27.3 Å². The summed E-state index contributed by atoms with van der Waals surface area (Å²) in [5.41, 5.74) is 2.51. The molecule has 16 heavy (non-hydrogen) atoms. The van der Waals surface area contributed by atoms with Gasteiger partial charge in [-0.3, -0.25) is 4.68 Å². The zero-order valence-electron chi connectivity index (χ0n) is 9.53. The van der Waals surface area contributed by atoms with Gasteiger partial charge in [0, 0.05) is 10.6 Å². The van der Waals surface area contributed by atoms with Crippen molar-refractivity contribution < 1.29 is 0 Å². The smallest absolute Gasteiger partial charge is 0.0755 e. The predicted molar refractivity (Wildman–Crippen MR) is 72.1 cm³/mol. The topological polar surface area (TPSA) is 17.8 Å². The van der Waals surface area contributed by atoms with Crippen LogP contribution in [0.25, 0.3) is 0 Å². The molecule has 4 heteroatoms. The molecule has 0 N–H and O–H groups in total. The van der Waals surface area contributed by atoms with Gasteiger partial charge in [0.15, 0.2) is 0 Å². The highest BCUT2D eigenvalue weighted by atomic mass is 79.9. The molecule has 2 aromatic heterocycles. The average molecular weight is 299 g/mol. The summed E-state index contributed by atoms with van der Waals surface area (Å²) in [7, 11) is 0. The molecule has 0 aliphatic rings. The molecule has 0 unspecified atom stereocenters. The summed E-state index contributed by atoms with van der Waals surface area (Å²) in [6.45, 7) is 5.21. The second-order valence-corrected chi connectivity index (χ2v) is 6.25. The predicted octanol–water partition coefficient (Wildman–Crippen LogP) is 3.88. The first-order valence-electron chi connectivity index (χ1n) is 5.52. The van der Waals surface area contributed by atoms with Gasteiger partial charge in [-0.1, -0.05) is 13.8 Å². The maximum absolute atomic E-state index is 4.61. The third-order valence-electron chi connectivity index (χ3n) is 2.57. The zero-order chi connectivity index (χ0) is 11.5. The number of hydrogen-bond acceptors (Lipinski definition) is 2. The summed E-state index contributed by atoms with van der Waals surface area (Å²) < 4.78 is 3.31. The van der Waals surface area contributed by atoms with Crippen LogP contribution in [0.2, 0.25) is 0 Å². The molecule has 0 saturated heterocycles. The third kappa shape index (κ3) is 2.55. The van der Waals surface area contributed by atoms with Crippen LogP contribution in [0.5, 0.6) is 0 Å². The van der Waals surface area contributed by atoms with E-state index in [9.17, 15) is 0 Å². The number of aromatic nitrogens is 2. The molecule has 86 valence electrons. The van der Waals surface area contributed by atoms with E-state index in [2.05, 4.69) is 57.8 Å². The molecule has 2 heterocycles. The molecule has 0 saturated carbocycles. The minimum atomic E-state index is 0.888. The van der Waals surface area contributed by atoms with E-state index in [1.807, 2.05) is 0 Å². The van der Waals surface area contributed by atoms with Gasteiger partial charge in [0.2, 0.25) is 0 Å². The SMILES string of the molecule is CCc1cc(CC)n(Cc2ccc(Br)s2)n1. The molecule has 2 rings (SSSR count). The van der Waals surface area contributed by atoms with E-state index >= 15 is 0 Å². The zero-order valence-corrected chi connectivity index (χ0v) is 11.9. The fraction of sp³-hybridized carbons (Fsp3) is 0.417. The Kier molecular flexibility index (Phi) is 3.82. The first-order valence-corrected chi connectivity index (χ1v) is 7.13. The minimum absolute atomic E-state index is 0.888. The van der Waals surface area contributed by atoms with E-state index in [-0.39, 0.29) is 0 Å². The molecule has 0 atom stereocenters. The normalized spacial score (nSPS) is 10.9. The Morgan fingerprint density at radius 3 is 2.69 bits per heavy atom. The van der Waals surface area contributed by atoms with Crippen molar-refractivity contribution in [1.29, 1.82) is 0 Å². The van der Waals surface area contributed by atoms with Crippen LogP contribution < -0.4 is 0 Å². The van der Waals surface area contributed by atoms with Gasteiger partial charge in [-0.25, -0.2) is 0 Å². The fourth-order valence-electron chi connectivity index (χ4n) is 1.69. The summed E-state index contributed by atoms with van der Waals surface area (Å²) in [4.78, 5) is 1.34.